The zero-order valence-electron chi connectivity index (χ0n) is 11.2. The minimum Gasteiger partial charge on any atom is -0.367 e. The van der Waals surface area contributed by atoms with Gasteiger partial charge in [-0.15, -0.1) is 0 Å². The summed E-state index contributed by atoms with van der Waals surface area (Å²) < 4.78 is 26.2. The van der Waals surface area contributed by atoms with E-state index in [0.717, 1.165) is 24.2 Å². The summed E-state index contributed by atoms with van der Waals surface area (Å²) in [6.07, 6.45) is 0.826. The van der Waals surface area contributed by atoms with Gasteiger partial charge in [-0.25, -0.2) is 8.78 Å². The van der Waals surface area contributed by atoms with Crippen molar-refractivity contribution < 1.29 is 8.78 Å². The summed E-state index contributed by atoms with van der Waals surface area (Å²) in [4.78, 5) is 2.07. The van der Waals surface area contributed by atoms with Crippen LogP contribution in [0.4, 0.5) is 14.5 Å². The van der Waals surface area contributed by atoms with Crippen molar-refractivity contribution in [1.82, 2.24) is 0 Å². The van der Waals surface area contributed by atoms with Crippen molar-refractivity contribution in [2.24, 2.45) is 5.73 Å². The fourth-order valence-corrected chi connectivity index (χ4v) is 2.09. The predicted molar refractivity (Wildman–Crippen MR) is 77.5 cm³/mol. The first-order valence-electron chi connectivity index (χ1n) is 6.64. The minimum atomic E-state index is -0.265. The summed E-state index contributed by atoms with van der Waals surface area (Å²) in [6.45, 7) is 1.91. The van der Waals surface area contributed by atoms with E-state index < -0.39 is 0 Å². The average molecular weight is 276 g/mol. The Morgan fingerprint density at radius 2 is 1.70 bits per heavy atom. The van der Waals surface area contributed by atoms with Crippen LogP contribution in [0.1, 0.15) is 12.0 Å². The molecule has 2 aromatic rings. The van der Waals surface area contributed by atoms with Gasteiger partial charge in [-0.2, -0.15) is 0 Å². The molecule has 0 aliphatic heterocycles. The Hall–Kier alpha value is -1.94. The van der Waals surface area contributed by atoms with Gasteiger partial charge in [0, 0.05) is 18.8 Å². The molecule has 0 bridgehead atoms. The third-order valence-corrected chi connectivity index (χ3v) is 3.09. The van der Waals surface area contributed by atoms with Gasteiger partial charge in [0.2, 0.25) is 0 Å². The summed E-state index contributed by atoms with van der Waals surface area (Å²) in [5.41, 5.74) is 7.34. The Labute approximate surface area is 117 Å². The lowest BCUT2D eigenvalue weighted by Crippen LogP contribution is -2.25. The van der Waals surface area contributed by atoms with Crippen LogP contribution in [-0.2, 0) is 6.54 Å². The van der Waals surface area contributed by atoms with Crippen LogP contribution >= 0.6 is 0 Å². The average Bonchev–Trinajstić information content (AvgIpc) is 2.44. The highest BCUT2D eigenvalue weighted by atomic mass is 19.1. The molecule has 0 unspecified atom stereocenters. The van der Waals surface area contributed by atoms with E-state index in [1.54, 1.807) is 18.2 Å². The molecule has 0 aromatic heterocycles. The Morgan fingerprint density at radius 1 is 0.950 bits per heavy atom. The molecule has 2 rings (SSSR count). The molecule has 0 spiro atoms. The number of halogens is 2. The molecule has 0 aliphatic rings. The van der Waals surface area contributed by atoms with Crippen LogP contribution in [0.3, 0.4) is 0 Å². The third kappa shape index (κ3) is 4.03. The molecule has 2 nitrogen and oxygen atoms in total. The van der Waals surface area contributed by atoms with Crippen LogP contribution in [0.2, 0.25) is 0 Å². The van der Waals surface area contributed by atoms with Crippen molar-refractivity contribution in [3.63, 3.8) is 0 Å². The molecule has 20 heavy (non-hydrogen) atoms. The maximum absolute atomic E-state index is 13.2. The zero-order valence-corrected chi connectivity index (χ0v) is 11.2. The molecule has 0 fully saturated rings. The van der Waals surface area contributed by atoms with Gasteiger partial charge in [-0.3, -0.25) is 0 Å². The van der Waals surface area contributed by atoms with Gasteiger partial charge in [0.1, 0.15) is 11.6 Å². The number of rotatable bonds is 6. The molecule has 0 amide bonds. The Bertz CT molecular complexity index is 540. The van der Waals surface area contributed by atoms with Crippen molar-refractivity contribution >= 4 is 5.69 Å². The second-order valence-electron chi connectivity index (χ2n) is 4.67. The van der Waals surface area contributed by atoms with Gasteiger partial charge in [-0.05, 0) is 54.9 Å². The molecule has 106 valence electrons. The molecule has 0 atom stereocenters. The largest absolute Gasteiger partial charge is 0.367 e. The fraction of sp³-hybridized carbons (Fsp3) is 0.250. The van der Waals surface area contributed by atoms with Crippen molar-refractivity contribution in [1.29, 1.82) is 0 Å². The quantitative estimate of drug-likeness (QED) is 0.877. The zero-order chi connectivity index (χ0) is 14.4. The van der Waals surface area contributed by atoms with E-state index in [9.17, 15) is 8.78 Å². The molecule has 2 N–H and O–H groups in total. The van der Waals surface area contributed by atoms with Crippen LogP contribution in [0.5, 0.6) is 0 Å². The Balaban J connectivity index is 2.16. The van der Waals surface area contributed by atoms with E-state index in [1.165, 1.54) is 24.3 Å². The van der Waals surface area contributed by atoms with Gasteiger partial charge in [0.15, 0.2) is 0 Å². The summed E-state index contributed by atoms with van der Waals surface area (Å²) >= 11 is 0. The van der Waals surface area contributed by atoms with Crippen LogP contribution in [-0.4, -0.2) is 13.1 Å². The monoisotopic (exact) mass is 276 g/mol. The summed E-state index contributed by atoms with van der Waals surface area (Å²) in [7, 11) is 0. The van der Waals surface area contributed by atoms with Crippen molar-refractivity contribution in [2.45, 2.75) is 13.0 Å². The van der Waals surface area contributed by atoms with E-state index in [2.05, 4.69) is 4.90 Å². The Morgan fingerprint density at radius 3 is 2.35 bits per heavy atom. The lowest BCUT2D eigenvalue weighted by molar-refractivity contribution is 0.623. The second-order valence-corrected chi connectivity index (χ2v) is 4.67. The highest BCUT2D eigenvalue weighted by Gasteiger charge is 2.08. The second kappa shape index (κ2) is 7.01. The fourth-order valence-electron chi connectivity index (χ4n) is 2.09. The molecule has 0 saturated carbocycles. The molecule has 0 radical (unpaired) electrons. The normalized spacial score (nSPS) is 10.6. The highest BCUT2D eigenvalue weighted by Crippen LogP contribution is 2.18. The first-order chi connectivity index (χ1) is 9.69. The van der Waals surface area contributed by atoms with E-state index in [-0.39, 0.29) is 11.6 Å². The SMILES string of the molecule is NCCCN(Cc1cccc(F)c1)c1ccc(F)cc1. The standard InChI is InChI=1S/C16H18F2N2/c17-14-5-7-16(8-6-14)20(10-2-9-19)12-13-3-1-4-15(18)11-13/h1,3-8,11H,2,9-10,12,19H2. The van der Waals surface area contributed by atoms with Gasteiger partial charge < -0.3 is 10.6 Å². The van der Waals surface area contributed by atoms with Gasteiger partial charge in [0.05, 0.1) is 0 Å². The van der Waals surface area contributed by atoms with E-state index >= 15 is 0 Å². The molecule has 4 heteroatoms. The smallest absolute Gasteiger partial charge is 0.123 e. The number of benzene rings is 2. The predicted octanol–water partition coefficient (Wildman–Crippen LogP) is 3.32. The molecule has 0 saturated heterocycles. The van der Waals surface area contributed by atoms with Gasteiger partial charge >= 0.3 is 0 Å². The summed E-state index contributed by atoms with van der Waals surface area (Å²) in [5.74, 6) is -0.515. The van der Waals surface area contributed by atoms with E-state index in [1.807, 2.05) is 6.07 Å². The van der Waals surface area contributed by atoms with Crippen molar-refractivity contribution in [3.8, 4) is 0 Å². The van der Waals surface area contributed by atoms with Crippen LogP contribution in [0.25, 0.3) is 0 Å². The third-order valence-electron chi connectivity index (χ3n) is 3.09. The van der Waals surface area contributed by atoms with E-state index in [4.69, 9.17) is 5.73 Å². The maximum Gasteiger partial charge on any atom is 0.123 e. The molecule has 2 aromatic carbocycles. The number of nitrogens with zero attached hydrogens (tertiary/aromatic N) is 1. The highest BCUT2D eigenvalue weighted by molar-refractivity contribution is 5.46. The first kappa shape index (κ1) is 14.5. The molecular weight excluding hydrogens is 258 g/mol. The van der Waals surface area contributed by atoms with Gasteiger partial charge in [-0.1, -0.05) is 12.1 Å². The van der Waals surface area contributed by atoms with Gasteiger partial charge in [0.25, 0.3) is 0 Å². The summed E-state index contributed by atoms with van der Waals surface area (Å²) in [5, 5.41) is 0. The lowest BCUT2D eigenvalue weighted by atomic mass is 10.2. The van der Waals surface area contributed by atoms with Crippen LogP contribution in [0, 0.1) is 11.6 Å². The summed E-state index contributed by atoms with van der Waals surface area (Å²) in [6, 6.07) is 12.8. The number of hydrogen-bond donors (Lipinski definition) is 1. The van der Waals surface area contributed by atoms with Crippen molar-refractivity contribution in [2.75, 3.05) is 18.0 Å². The first-order valence-corrected chi connectivity index (χ1v) is 6.64. The lowest BCUT2D eigenvalue weighted by Gasteiger charge is -2.25. The van der Waals surface area contributed by atoms with E-state index in [0.29, 0.717) is 13.1 Å². The molecule has 0 heterocycles. The molecule has 0 aliphatic carbocycles. The van der Waals surface area contributed by atoms with Crippen molar-refractivity contribution in [3.05, 3.63) is 65.7 Å². The van der Waals surface area contributed by atoms with Crippen LogP contribution in [0.15, 0.2) is 48.5 Å². The van der Waals surface area contributed by atoms with Crippen LogP contribution < -0.4 is 10.6 Å². The number of hydrogen-bond acceptors (Lipinski definition) is 2. The maximum atomic E-state index is 13.2. The minimum absolute atomic E-state index is 0.250. The number of anilines is 1. The molecular formula is C16H18F2N2. The Kier molecular flexibility index (Phi) is 5.07. The number of nitrogens with two attached hydrogens (primary N) is 1. The topological polar surface area (TPSA) is 29.3 Å².